The Labute approximate surface area is 114 Å². The number of aryl methyl sites for hydroxylation is 1. The molecule has 1 aromatic rings. The van der Waals surface area contributed by atoms with Gasteiger partial charge in [-0.25, -0.2) is 4.39 Å². The van der Waals surface area contributed by atoms with Gasteiger partial charge in [-0.1, -0.05) is 5.98 Å². The molecule has 0 atom stereocenters. The summed E-state index contributed by atoms with van der Waals surface area (Å²) in [4.78, 5) is 4.04. The van der Waals surface area contributed by atoms with Crippen LogP contribution in [0.2, 0.25) is 0 Å². The maximum Gasteiger partial charge on any atom is 0.487 e. The minimum atomic E-state index is -0.406. The maximum atomic E-state index is 13.0. The van der Waals surface area contributed by atoms with E-state index in [0.29, 0.717) is 0 Å². The lowest BCUT2D eigenvalue weighted by Crippen LogP contribution is -2.41. The Hall–Kier alpha value is -1.20. The molecule has 0 saturated carbocycles. The van der Waals surface area contributed by atoms with E-state index in [9.17, 15) is 4.39 Å². The fourth-order valence-electron chi connectivity index (χ4n) is 1.86. The van der Waals surface area contributed by atoms with Gasteiger partial charge in [-0.15, -0.1) is 0 Å². The first-order valence-electron chi connectivity index (χ1n) is 6.37. The molecule has 19 heavy (non-hydrogen) atoms. The molecule has 0 aromatic carbocycles. The van der Waals surface area contributed by atoms with Crippen LogP contribution in [0.3, 0.4) is 0 Å². The Morgan fingerprint density at radius 1 is 1.21 bits per heavy atom. The minimum Gasteiger partial charge on any atom is -0.400 e. The zero-order valence-electron chi connectivity index (χ0n) is 12.0. The van der Waals surface area contributed by atoms with Crippen molar-refractivity contribution in [2.45, 2.75) is 45.8 Å². The van der Waals surface area contributed by atoms with Crippen molar-refractivity contribution in [1.29, 1.82) is 0 Å². The van der Waals surface area contributed by atoms with Crippen LogP contribution in [0, 0.1) is 12.7 Å². The van der Waals surface area contributed by atoms with Crippen molar-refractivity contribution in [3.8, 4) is 0 Å². The molecule has 1 saturated heterocycles. The van der Waals surface area contributed by atoms with E-state index in [1.165, 1.54) is 12.3 Å². The summed E-state index contributed by atoms with van der Waals surface area (Å²) in [5.74, 6) is 1.48. The number of hydrogen-bond acceptors (Lipinski definition) is 3. The van der Waals surface area contributed by atoms with Crippen molar-refractivity contribution >= 4 is 13.2 Å². The number of rotatable bonds is 2. The molecule has 1 fully saturated rings. The molecule has 3 nitrogen and oxygen atoms in total. The molecule has 0 spiro atoms. The molecule has 102 valence electrons. The van der Waals surface area contributed by atoms with Crippen molar-refractivity contribution < 1.29 is 13.7 Å². The molecule has 0 amide bonds. The lowest BCUT2D eigenvalue weighted by Gasteiger charge is -2.32. The van der Waals surface area contributed by atoms with E-state index in [0.717, 1.165) is 11.3 Å². The fraction of sp³-hybridized carbons (Fsp3) is 0.500. The second-order valence-corrected chi connectivity index (χ2v) is 5.84. The van der Waals surface area contributed by atoms with Crippen molar-refractivity contribution in [1.82, 2.24) is 4.98 Å². The van der Waals surface area contributed by atoms with Crippen LogP contribution < -0.4 is 0 Å². The first-order valence-corrected chi connectivity index (χ1v) is 6.37. The largest absolute Gasteiger partial charge is 0.487 e. The summed E-state index contributed by atoms with van der Waals surface area (Å²) in [5, 5.41) is 0. The number of pyridine rings is 1. The number of nitrogens with zero attached hydrogens (tertiary/aromatic N) is 1. The van der Waals surface area contributed by atoms with Gasteiger partial charge in [0.2, 0.25) is 0 Å². The Kier molecular flexibility index (Phi) is 3.54. The van der Waals surface area contributed by atoms with E-state index in [-0.39, 0.29) is 17.0 Å². The van der Waals surface area contributed by atoms with Crippen molar-refractivity contribution in [3.05, 3.63) is 35.3 Å². The van der Waals surface area contributed by atoms with Crippen molar-refractivity contribution in [3.63, 3.8) is 0 Å². The first kappa shape index (κ1) is 14.2. The summed E-state index contributed by atoms with van der Waals surface area (Å²) in [7, 11) is -0.406. The highest BCUT2D eigenvalue weighted by atomic mass is 19.1. The third-order valence-electron chi connectivity index (χ3n) is 3.77. The van der Waals surface area contributed by atoms with E-state index in [4.69, 9.17) is 9.31 Å². The Bertz CT molecular complexity index is 498. The molecule has 0 bridgehead atoms. The van der Waals surface area contributed by atoms with Gasteiger partial charge in [0.1, 0.15) is 5.82 Å². The van der Waals surface area contributed by atoms with Crippen LogP contribution in [-0.2, 0) is 9.31 Å². The monoisotopic (exact) mass is 263 g/mol. The number of aromatic nitrogens is 1. The lowest BCUT2D eigenvalue weighted by molar-refractivity contribution is 0.00578. The SMILES string of the molecule is Cc1cc(F)cnc1/C=C/B1OC(C)(C)C(C)(C)O1. The molecule has 0 unspecified atom stereocenters. The lowest BCUT2D eigenvalue weighted by atomic mass is 9.89. The van der Waals surface area contributed by atoms with Crippen LogP contribution in [-0.4, -0.2) is 23.3 Å². The van der Waals surface area contributed by atoms with Crippen LogP contribution in [0.4, 0.5) is 4.39 Å². The highest BCUT2D eigenvalue weighted by Crippen LogP contribution is 2.37. The normalized spacial score (nSPS) is 21.3. The standard InChI is InChI=1S/C14H19BFNO2/c1-10-8-11(16)9-17-12(10)6-7-15-18-13(2,3)14(4,5)19-15/h6-9H,1-5H3/b7-6+. The Morgan fingerprint density at radius 3 is 2.32 bits per heavy atom. The van der Waals surface area contributed by atoms with Gasteiger partial charge in [-0.3, -0.25) is 4.98 Å². The van der Waals surface area contributed by atoms with Gasteiger partial charge in [-0.05, 0) is 52.3 Å². The third-order valence-corrected chi connectivity index (χ3v) is 3.77. The fourth-order valence-corrected chi connectivity index (χ4v) is 1.86. The molecule has 0 N–H and O–H groups in total. The maximum absolute atomic E-state index is 13.0. The molecular formula is C14H19BFNO2. The van der Waals surface area contributed by atoms with Gasteiger partial charge in [0.25, 0.3) is 0 Å². The van der Waals surface area contributed by atoms with Crippen LogP contribution in [0.1, 0.15) is 39.0 Å². The average molecular weight is 263 g/mol. The average Bonchev–Trinajstić information content (AvgIpc) is 2.46. The predicted octanol–water partition coefficient (Wildman–Crippen LogP) is 3.17. The van der Waals surface area contributed by atoms with Crippen LogP contribution in [0.15, 0.2) is 18.2 Å². The zero-order chi connectivity index (χ0) is 14.3. The summed E-state index contributed by atoms with van der Waals surface area (Å²) >= 11 is 0. The zero-order valence-corrected chi connectivity index (χ0v) is 12.0. The summed E-state index contributed by atoms with van der Waals surface area (Å²) in [6.45, 7) is 9.83. The minimum absolute atomic E-state index is 0.328. The second kappa shape index (κ2) is 4.73. The number of halogens is 1. The van der Waals surface area contributed by atoms with Gasteiger partial charge in [0.05, 0.1) is 23.1 Å². The second-order valence-electron chi connectivity index (χ2n) is 5.84. The molecule has 5 heteroatoms. The van der Waals surface area contributed by atoms with Gasteiger partial charge < -0.3 is 9.31 Å². The molecule has 2 heterocycles. The highest BCUT2D eigenvalue weighted by molar-refractivity contribution is 6.52. The quantitative estimate of drug-likeness (QED) is 0.768. The van der Waals surface area contributed by atoms with Crippen LogP contribution in [0.5, 0.6) is 0 Å². The van der Waals surface area contributed by atoms with Gasteiger partial charge >= 0.3 is 7.12 Å². The molecular weight excluding hydrogens is 244 g/mol. The summed E-state index contributed by atoms with van der Waals surface area (Å²) in [5.41, 5.74) is 0.796. The summed E-state index contributed by atoms with van der Waals surface area (Å²) in [6, 6.07) is 1.46. The topological polar surface area (TPSA) is 31.4 Å². The molecule has 0 aliphatic carbocycles. The first-order chi connectivity index (χ1) is 8.71. The molecule has 0 radical (unpaired) electrons. The van der Waals surface area contributed by atoms with Gasteiger partial charge in [0, 0.05) is 0 Å². The van der Waals surface area contributed by atoms with Crippen molar-refractivity contribution in [2.24, 2.45) is 0 Å². The third kappa shape index (κ3) is 2.87. The summed E-state index contributed by atoms with van der Waals surface area (Å²) < 4.78 is 24.6. The van der Waals surface area contributed by atoms with Gasteiger partial charge in [-0.2, -0.15) is 0 Å². The molecule has 1 aliphatic heterocycles. The Morgan fingerprint density at radius 2 is 1.79 bits per heavy atom. The predicted molar refractivity (Wildman–Crippen MR) is 74.0 cm³/mol. The summed E-state index contributed by atoms with van der Waals surface area (Å²) in [6.07, 6.45) is 3.01. The molecule has 2 rings (SSSR count). The Balaban J connectivity index is 2.13. The highest BCUT2D eigenvalue weighted by Gasteiger charge is 2.49. The van der Waals surface area contributed by atoms with E-state index in [2.05, 4.69) is 4.98 Å². The van der Waals surface area contributed by atoms with E-state index in [1.807, 2.05) is 40.6 Å². The van der Waals surface area contributed by atoms with E-state index >= 15 is 0 Å². The smallest absolute Gasteiger partial charge is 0.400 e. The van der Waals surface area contributed by atoms with E-state index < -0.39 is 7.12 Å². The van der Waals surface area contributed by atoms with Crippen molar-refractivity contribution in [2.75, 3.05) is 0 Å². The molecule has 1 aromatic heterocycles. The van der Waals surface area contributed by atoms with Crippen LogP contribution >= 0.6 is 0 Å². The number of hydrogen-bond donors (Lipinski definition) is 0. The van der Waals surface area contributed by atoms with Gasteiger partial charge in [0.15, 0.2) is 0 Å². The van der Waals surface area contributed by atoms with E-state index in [1.54, 1.807) is 6.08 Å². The molecule has 1 aliphatic rings. The van der Waals surface area contributed by atoms with Crippen LogP contribution in [0.25, 0.3) is 6.08 Å².